The number of aliphatic hydroxyl groups excluding tert-OH is 1. The first-order chi connectivity index (χ1) is 9.06. The van der Waals surface area contributed by atoms with Gasteiger partial charge in [0.1, 0.15) is 0 Å². The third-order valence-corrected chi connectivity index (χ3v) is 3.82. The highest BCUT2D eigenvalue weighted by Gasteiger charge is 2.23. The van der Waals surface area contributed by atoms with E-state index in [-0.39, 0.29) is 18.6 Å². The minimum absolute atomic E-state index is 0.00705. The molecule has 0 fully saturated rings. The van der Waals surface area contributed by atoms with Gasteiger partial charge in [-0.15, -0.1) is 0 Å². The summed E-state index contributed by atoms with van der Waals surface area (Å²) in [7, 11) is 0. The van der Waals surface area contributed by atoms with Crippen molar-refractivity contribution in [1.82, 2.24) is 4.90 Å². The molecule has 0 aliphatic carbocycles. The van der Waals surface area contributed by atoms with Crippen molar-refractivity contribution < 1.29 is 9.90 Å². The maximum atomic E-state index is 12.7. The third-order valence-electron chi connectivity index (χ3n) is 3.82. The van der Waals surface area contributed by atoms with E-state index >= 15 is 0 Å². The van der Waals surface area contributed by atoms with E-state index in [4.69, 9.17) is 0 Å². The Morgan fingerprint density at radius 2 is 1.89 bits per heavy atom. The largest absolute Gasteiger partial charge is 0.395 e. The molecule has 1 rings (SSSR count). The van der Waals surface area contributed by atoms with Crippen LogP contribution in [0.1, 0.15) is 48.2 Å². The summed E-state index contributed by atoms with van der Waals surface area (Å²) in [6.45, 7) is 8.56. The van der Waals surface area contributed by atoms with E-state index in [1.807, 2.05) is 36.9 Å². The Labute approximate surface area is 116 Å². The Morgan fingerprint density at radius 1 is 1.26 bits per heavy atom. The molecule has 3 nitrogen and oxygen atoms in total. The van der Waals surface area contributed by atoms with Crippen molar-refractivity contribution in [3.05, 3.63) is 34.9 Å². The first-order valence-corrected chi connectivity index (χ1v) is 7.04. The maximum Gasteiger partial charge on any atom is 0.254 e. The number of carbonyl (C=O) groups excluding carboxylic acids is 1. The van der Waals surface area contributed by atoms with Crippen LogP contribution in [0.5, 0.6) is 0 Å². The number of rotatable bonds is 6. The molecule has 106 valence electrons. The molecule has 0 atom stereocenters. The molecule has 19 heavy (non-hydrogen) atoms. The van der Waals surface area contributed by atoms with Crippen LogP contribution in [-0.4, -0.2) is 35.1 Å². The lowest BCUT2D eigenvalue weighted by atomic mass is 10.0. The molecule has 1 aromatic carbocycles. The van der Waals surface area contributed by atoms with Crippen molar-refractivity contribution in [2.24, 2.45) is 0 Å². The first kappa shape index (κ1) is 15.7. The van der Waals surface area contributed by atoms with Crippen LogP contribution in [-0.2, 0) is 0 Å². The molecule has 0 unspecified atom stereocenters. The van der Waals surface area contributed by atoms with E-state index in [0.717, 1.165) is 29.5 Å². The number of benzene rings is 1. The molecule has 0 radical (unpaired) electrons. The van der Waals surface area contributed by atoms with Crippen LogP contribution in [0.3, 0.4) is 0 Å². The van der Waals surface area contributed by atoms with Gasteiger partial charge in [0, 0.05) is 18.2 Å². The molecule has 0 saturated heterocycles. The SMILES string of the molecule is CCC(CC)N(CCO)C(=O)c1cccc(C)c1C. The Morgan fingerprint density at radius 3 is 2.42 bits per heavy atom. The van der Waals surface area contributed by atoms with E-state index in [2.05, 4.69) is 13.8 Å². The summed E-state index contributed by atoms with van der Waals surface area (Å²) in [5.74, 6) is 0.0314. The number of hydrogen-bond donors (Lipinski definition) is 1. The smallest absolute Gasteiger partial charge is 0.254 e. The number of aryl methyl sites for hydroxylation is 1. The van der Waals surface area contributed by atoms with Gasteiger partial charge in [-0.05, 0) is 43.9 Å². The van der Waals surface area contributed by atoms with Gasteiger partial charge in [0.15, 0.2) is 0 Å². The van der Waals surface area contributed by atoms with Crippen LogP contribution in [0.25, 0.3) is 0 Å². The van der Waals surface area contributed by atoms with Crippen LogP contribution < -0.4 is 0 Å². The highest BCUT2D eigenvalue weighted by Crippen LogP contribution is 2.18. The Bertz CT molecular complexity index is 425. The van der Waals surface area contributed by atoms with Gasteiger partial charge < -0.3 is 10.0 Å². The molecule has 1 N–H and O–H groups in total. The molecule has 1 aromatic rings. The quantitative estimate of drug-likeness (QED) is 0.857. The zero-order valence-electron chi connectivity index (χ0n) is 12.4. The van der Waals surface area contributed by atoms with Crippen LogP contribution in [0.15, 0.2) is 18.2 Å². The predicted molar refractivity (Wildman–Crippen MR) is 78.4 cm³/mol. The van der Waals surface area contributed by atoms with E-state index < -0.39 is 0 Å². The van der Waals surface area contributed by atoms with E-state index in [9.17, 15) is 9.90 Å². The molecular formula is C16H25NO2. The average molecular weight is 263 g/mol. The minimum Gasteiger partial charge on any atom is -0.395 e. The summed E-state index contributed by atoms with van der Waals surface area (Å²) in [5.41, 5.74) is 2.90. The molecule has 0 spiro atoms. The maximum absolute atomic E-state index is 12.7. The fourth-order valence-corrected chi connectivity index (χ4v) is 2.42. The Kier molecular flexibility index (Phi) is 6.03. The lowest BCUT2D eigenvalue weighted by Crippen LogP contribution is -2.41. The minimum atomic E-state index is 0.00705. The van der Waals surface area contributed by atoms with Crippen LogP contribution in [0.2, 0.25) is 0 Å². The Hall–Kier alpha value is -1.35. The van der Waals surface area contributed by atoms with Gasteiger partial charge >= 0.3 is 0 Å². The molecule has 3 heteroatoms. The highest BCUT2D eigenvalue weighted by atomic mass is 16.3. The van der Waals surface area contributed by atoms with Crippen molar-refractivity contribution in [1.29, 1.82) is 0 Å². The van der Waals surface area contributed by atoms with Gasteiger partial charge in [0.25, 0.3) is 5.91 Å². The first-order valence-electron chi connectivity index (χ1n) is 7.04. The number of hydrogen-bond acceptors (Lipinski definition) is 2. The fourth-order valence-electron chi connectivity index (χ4n) is 2.42. The summed E-state index contributed by atoms with van der Waals surface area (Å²) >= 11 is 0. The van der Waals surface area contributed by atoms with Crippen LogP contribution in [0, 0.1) is 13.8 Å². The second kappa shape index (κ2) is 7.29. The summed E-state index contributed by atoms with van der Waals surface area (Å²) in [5, 5.41) is 9.20. The van der Waals surface area contributed by atoms with Gasteiger partial charge in [0.2, 0.25) is 0 Å². The zero-order valence-corrected chi connectivity index (χ0v) is 12.4. The van der Waals surface area contributed by atoms with E-state index in [1.54, 1.807) is 0 Å². The number of amides is 1. The average Bonchev–Trinajstić information content (AvgIpc) is 2.41. The van der Waals surface area contributed by atoms with Crippen LogP contribution >= 0.6 is 0 Å². The lowest BCUT2D eigenvalue weighted by molar-refractivity contribution is 0.0621. The van der Waals surface area contributed by atoms with Crippen molar-refractivity contribution in [3.8, 4) is 0 Å². The zero-order chi connectivity index (χ0) is 14.4. The standard InChI is InChI=1S/C16H25NO2/c1-5-14(6-2)17(10-11-18)16(19)15-9-7-8-12(3)13(15)4/h7-9,14,18H,5-6,10-11H2,1-4H3. The summed E-state index contributed by atoms with van der Waals surface area (Å²) in [6, 6.07) is 6.00. The summed E-state index contributed by atoms with van der Waals surface area (Å²) in [4.78, 5) is 14.5. The second-order valence-electron chi connectivity index (χ2n) is 4.94. The third kappa shape index (κ3) is 3.57. The van der Waals surface area contributed by atoms with Crippen molar-refractivity contribution in [3.63, 3.8) is 0 Å². The van der Waals surface area contributed by atoms with Gasteiger partial charge in [0.05, 0.1) is 6.61 Å². The van der Waals surface area contributed by atoms with Crippen molar-refractivity contribution in [2.45, 2.75) is 46.6 Å². The summed E-state index contributed by atoms with van der Waals surface area (Å²) in [6.07, 6.45) is 1.82. The lowest BCUT2D eigenvalue weighted by Gasteiger charge is -2.30. The van der Waals surface area contributed by atoms with Gasteiger partial charge in [-0.25, -0.2) is 0 Å². The van der Waals surface area contributed by atoms with Crippen LogP contribution in [0.4, 0.5) is 0 Å². The van der Waals surface area contributed by atoms with Gasteiger partial charge in [-0.1, -0.05) is 26.0 Å². The fraction of sp³-hybridized carbons (Fsp3) is 0.562. The molecular weight excluding hydrogens is 238 g/mol. The number of nitrogens with zero attached hydrogens (tertiary/aromatic N) is 1. The van der Waals surface area contributed by atoms with Crippen molar-refractivity contribution in [2.75, 3.05) is 13.2 Å². The number of aliphatic hydroxyl groups is 1. The van der Waals surface area contributed by atoms with E-state index in [0.29, 0.717) is 6.54 Å². The molecule has 0 heterocycles. The van der Waals surface area contributed by atoms with Gasteiger partial charge in [-0.2, -0.15) is 0 Å². The highest BCUT2D eigenvalue weighted by molar-refractivity contribution is 5.96. The second-order valence-corrected chi connectivity index (χ2v) is 4.94. The molecule has 0 aliphatic heterocycles. The van der Waals surface area contributed by atoms with E-state index in [1.165, 1.54) is 0 Å². The molecule has 0 saturated carbocycles. The molecule has 0 bridgehead atoms. The van der Waals surface area contributed by atoms with Crippen molar-refractivity contribution >= 4 is 5.91 Å². The molecule has 0 aromatic heterocycles. The predicted octanol–water partition coefficient (Wildman–Crippen LogP) is 2.93. The normalized spacial score (nSPS) is 10.8. The summed E-state index contributed by atoms with van der Waals surface area (Å²) < 4.78 is 0. The Balaban J connectivity index is 3.08. The topological polar surface area (TPSA) is 40.5 Å². The molecule has 1 amide bonds. The van der Waals surface area contributed by atoms with Gasteiger partial charge in [-0.3, -0.25) is 4.79 Å². The number of carbonyl (C=O) groups is 1. The molecule has 0 aliphatic rings. The monoisotopic (exact) mass is 263 g/mol.